The molecular formula is C29H36F3N3O2. The van der Waals surface area contributed by atoms with E-state index in [1.807, 2.05) is 23.1 Å². The van der Waals surface area contributed by atoms with Gasteiger partial charge < -0.3 is 14.5 Å². The SMILES string of the molecule is COc1ccc(C(F)(F)F)cc1N1CCN(CCC(C(=O)N2C3CCCC2CC3)c2ccccc2)CC1. The molecule has 37 heavy (non-hydrogen) atoms. The highest BCUT2D eigenvalue weighted by atomic mass is 19.4. The minimum atomic E-state index is -4.39. The topological polar surface area (TPSA) is 36.0 Å². The molecule has 1 amide bonds. The zero-order chi connectivity index (χ0) is 26.0. The Morgan fingerprint density at radius 1 is 0.973 bits per heavy atom. The van der Waals surface area contributed by atoms with Crippen LogP contribution in [0.15, 0.2) is 48.5 Å². The van der Waals surface area contributed by atoms with Crippen molar-refractivity contribution in [3.8, 4) is 5.75 Å². The van der Waals surface area contributed by atoms with Crippen molar-refractivity contribution in [2.24, 2.45) is 0 Å². The largest absolute Gasteiger partial charge is 0.495 e. The maximum absolute atomic E-state index is 13.8. The number of benzene rings is 2. The summed E-state index contributed by atoms with van der Waals surface area (Å²) in [6.07, 6.45) is 2.05. The lowest BCUT2D eigenvalue weighted by atomic mass is 9.91. The van der Waals surface area contributed by atoms with Gasteiger partial charge in [-0.15, -0.1) is 0 Å². The Morgan fingerprint density at radius 3 is 2.27 bits per heavy atom. The molecule has 0 aliphatic carbocycles. The van der Waals surface area contributed by atoms with E-state index in [1.54, 1.807) is 0 Å². The van der Waals surface area contributed by atoms with Gasteiger partial charge in [-0.3, -0.25) is 9.69 Å². The zero-order valence-corrected chi connectivity index (χ0v) is 21.4. The number of fused-ring (bicyclic) bond motifs is 2. The second-order valence-electron chi connectivity index (χ2n) is 10.5. The molecule has 3 atom stereocenters. The van der Waals surface area contributed by atoms with Gasteiger partial charge in [0.05, 0.1) is 24.3 Å². The highest BCUT2D eigenvalue weighted by Gasteiger charge is 2.42. The summed E-state index contributed by atoms with van der Waals surface area (Å²) in [5.74, 6) is 0.557. The van der Waals surface area contributed by atoms with Gasteiger partial charge in [0, 0.05) is 38.3 Å². The number of ether oxygens (including phenoxy) is 1. The average Bonchev–Trinajstić information content (AvgIpc) is 3.16. The molecule has 0 aromatic heterocycles. The van der Waals surface area contributed by atoms with E-state index in [4.69, 9.17) is 4.74 Å². The van der Waals surface area contributed by atoms with Gasteiger partial charge in [0.15, 0.2) is 0 Å². The van der Waals surface area contributed by atoms with Gasteiger partial charge in [-0.25, -0.2) is 0 Å². The highest BCUT2D eigenvalue weighted by Crippen LogP contribution is 2.39. The van der Waals surface area contributed by atoms with Crippen molar-refractivity contribution in [3.05, 3.63) is 59.7 Å². The Morgan fingerprint density at radius 2 is 1.65 bits per heavy atom. The van der Waals surface area contributed by atoms with Gasteiger partial charge in [0.1, 0.15) is 5.75 Å². The lowest BCUT2D eigenvalue weighted by Crippen LogP contribution is -2.48. The van der Waals surface area contributed by atoms with Crippen LogP contribution in [0.2, 0.25) is 0 Å². The second-order valence-corrected chi connectivity index (χ2v) is 10.5. The van der Waals surface area contributed by atoms with Gasteiger partial charge in [-0.2, -0.15) is 13.2 Å². The first-order valence-electron chi connectivity index (χ1n) is 13.4. The molecule has 3 aliphatic rings. The lowest BCUT2D eigenvalue weighted by Gasteiger charge is -2.39. The quantitative estimate of drug-likeness (QED) is 0.484. The number of methoxy groups -OCH3 is 1. The molecule has 2 aromatic rings. The molecule has 0 saturated carbocycles. The van der Waals surface area contributed by atoms with Crippen molar-refractivity contribution in [2.75, 3.05) is 44.7 Å². The summed E-state index contributed by atoms with van der Waals surface area (Å²) in [5.41, 5.74) is 0.890. The number of hydrogen-bond acceptors (Lipinski definition) is 4. The molecule has 2 bridgehead atoms. The number of piperidine rings is 1. The number of anilines is 1. The van der Waals surface area contributed by atoms with Crippen LogP contribution >= 0.6 is 0 Å². The number of halogens is 3. The number of alkyl halides is 3. The lowest BCUT2D eigenvalue weighted by molar-refractivity contribution is -0.138. The van der Waals surface area contributed by atoms with E-state index >= 15 is 0 Å². The smallest absolute Gasteiger partial charge is 0.416 e. The first-order valence-corrected chi connectivity index (χ1v) is 13.4. The number of rotatable bonds is 7. The summed E-state index contributed by atoms with van der Waals surface area (Å²) in [6.45, 7) is 3.45. The molecule has 200 valence electrons. The summed E-state index contributed by atoms with van der Waals surface area (Å²) >= 11 is 0. The van der Waals surface area contributed by atoms with Crippen molar-refractivity contribution in [3.63, 3.8) is 0 Å². The van der Waals surface area contributed by atoms with E-state index in [-0.39, 0.29) is 11.8 Å². The molecule has 3 heterocycles. The first kappa shape index (κ1) is 25.9. The average molecular weight is 516 g/mol. The fraction of sp³-hybridized carbons (Fsp3) is 0.552. The molecule has 0 N–H and O–H groups in total. The van der Waals surface area contributed by atoms with Gasteiger partial charge in [0.2, 0.25) is 5.91 Å². The van der Waals surface area contributed by atoms with Crippen LogP contribution in [0.5, 0.6) is 5.75 Å². The normalized spacial score (nSPS) is 23.2. The van der Waals surface area contributed by atoms with Crippen LogP contribution in [0.4, 0.5) is 18.9 Å². The third kappa shape index (κ3) is 5.59. The Bertz CT molecular complexity index is 1050. The molecule has 2 aromatic carbocycles. The number of nitrogens with zero attached hydrogens (tertiary/aromatic N) is 3. The minimum Gasteiger partial charge on any atom is -0.495 e. The number of piperazine rings is 1. The van der Waals surface area contributed by atoms with E-state index in [2.05, 4.69) is 21.9 Å². The Kier molecular flexibility index (Phi) is 7.65. The third-order valence-electron chi connectivity index (χ3n) is 8.40. The van der Waals surface area contributed by atoms with Gasteiger partial charge in [0.25, 0.3) is 0 Å². The van der Waals surface area contributed by atoms with Crippen molar-refractivity contribution < 1.29 is 22.7 Å². The summed E-state index contributed by atoms with van der Waals surface area (Å²) in [4.78, 5) is 20.3. The maximum Gasteiger partial charge on any atom is 0.416 e. The van der Waals surface area contributed by atoms with E-state index in [9.17, 15) is 18.0 Å². The second kappa shape index (κ2) is 10.9. The maximum atomic E-state index is 13.8. The highest BCUT2D eigenvalue weighted by molar-refractivity contribution is 5.84. The molecule has 0 spiro atoms. The standard InChI is InChI=1S/C29H36F3N3O2/c1-37-27-13-10-22(29(30,31)32)20-26(27)34-18-16-33(17-19-34)15-14-25(21-6-3-2-4-7-21)28(36)35-23-8-5-9-24(35)12-11-23/h2-4,6-7,10,13,20,23-25H,5,8-9,11-12,14-19H2,1H3. The van der Waals surface area contributed by atoms with Crippen molar-refractivity contribution >= 4 is 11.6 Å². The third-order valence-corrected chi connectivity index (χ3v) is 8.40. The van der Waals surface area contributed by atoms with Crippen LogP contribution in [0.1, 0.15) is 55.6 Å². The fourth-order valence-electron chi connectivity index (χ4n) is 6.41. The number of carbonyl (C=O) groups excluding carboxylic acids is 1. The van der Waals surface area contributed by atoms with Gasteiger partial charge >= 0.3 is 6.18 Å². The van der Waals surface area contributed by atoms with Gasteiger partial charge in [-0.05, 0) is 68.8 Å². The van der Waals surface area contributed by atoms with Crippen molar-refractivity contribution in [1.82, 2.24) is 9.80 Å². The Balaban J connectivity index is 1.24. The molecule has 3 saturated heterocycles. The molecule has 0 radical (unpaired) electrons. The van der Waals surface area contributed by atoms with E-state index in [1.165, 1.54) is 25.7 Å². The summed E-state index contributed by atoms with van der Waals surface area (Å²) in [6, 6.07) is 14.5. The summed E-state index contributed by atoms with van der Waals surface area (Å²) in [7, 11) is 1.48. The number of hydrogen-bond donors (Lipinski definition) is 0. The van der Waals surface area contributed by atoms with Crippen LogP contribution in [0.25, 0.3) is 0 Å². The van der Waals surface area contributed by atoms with Crippen LogP contribution < -0.4 is 9.64 Å². The molecule has 3 aliphatic heterocycles. The monoisotopic (exact) mass is 515 g/mol. The predicted molar refractivity (Wildman–Crippen MR) is 138 cm³/mol. The molecule has 3 unspecified atom stereocenters. The van der Waals surface area contributed by atoms with Crippen LogP contribution in [0.3, 0.4) is 0 Å². The Labute approximate surface area is 217 Å². The minimum absolute atomic E-state index is 0.163. The molecular weight excluding hydrogens is 479 g/mol. The van der Waals surface area contributed by atoms with E-state index < -0.39 is 11.7 Å². The van der Waals surface area contributed by atoms with Crippen molar-refractivity contribution in [1.29, 1.82) is 0 Å². The van der Waals surface area contributed by atoms with Crippen LogP contribution in [-0.4, -0.2) is 67.6 Å². The predicted octanol–water partition coefficient (Wildman–Crippen LogP) is 5.55. The first-order chi connectivity index (χ1) is 17.8. The molecule has 3 fully saturated rings. The van der Waals surface area contributed by atoms with E-state index in [0.29, 0.717) is 36.6 Å². The molecule has 5 rings (SSSR count). The fourth-order valence-corrected chi connectivity index (χ4v) is 6.41. The zero-order valence-electron chi connectivity index (χ0n) is 21.4. The molecule has 5 nitrogen and oxygen atoms in total. The van der Waals surface area contributed by atoms with Crippen LogP contribution in [-0.2, 0) is 11.0 Å². The number of carbonyl (C=O) groups is 1. The van der Waals surface area contributed by atoms with Crippen molar-refractivity contribution in [2.45, 2.75) is 62.7 Å². The van der Waals surface area contributed by atoms with Crippen LogP contribution in [0, 0.1) is 0 Å². The summed E-state index contributed by atoms with van der Waals surface area (Å²) < 4.78 is 45.3. The molecule has 8 heteroatoms. The van der Waals surface area contributed by atoms with Gasteiger partial charge in [-0.1, -0.05) is 30.3 Å². The van der Waals surface area contributed by atoms with E-state index in [0.717, 1.165) is 63.4 Å². The number of amides is 1. The summed E-state index contributed by atoms with van der Waals surface area (Å²) in [5, 5.41) is 0. The Hall–Kier alpha value is -2.74.